The molecule has 0 radical (unpaired) electrons. The number of piperazine rings is 1. The fourth-order valence-corrected chi connectivity index (χ4v) is 6.42. The molecule has 0 spiro atoms. The zero-order chi connectivity index (χ0) is 30.8. The lowest BCUT2D eigenvalue weighted by Gasteiger charge is -2.33. The second-order valence-electron chi connectivity index (χ2n) is 10.7. The van der Waals surface area contributed by atoms with Gasteiger partial charge in [0, 0.05) is 43.3 Å². The number of amides is 1. The Balaban J connectivity index is 1.84. The minimum atomic E-state index is -4.06. The summed E-state index contributed by atoms with van der Waals surface area (Å²) in [5.41, 5.74) is 2.82. The molecular formula is C30H39N5O6S. The summed E-state index contributed by atoms with van der Waals surface area (Å²) >= 11 is 0. The van der Waals surface area contributed by atoms with Crippen molar-refractivity contribution < 1.29 is 27.9 Å². The van der Waals surface area contributed by atoms with Gasteiger partial charge >= 0.3 is 5.97 Å². The van der Waals surface area contributed by atoms with Crippen LogP contribution in [0.1, 0.15) is 54.4 Å². The van der Waals surface area contributed by atoms with Gasteiger partial charge in [0.15, 0.2) is 5.69 Å². The number of aromatic carboxylic acids is 1. The number of aryl methyl sites for hydroxylation is 2. The van der Waals surface area contributed by atoms with Gasteiger partial charge in [0.25, 0.3) is 0 Å². The van der Waals surface area contributed by atoms with Gasteiger partial charge in [-0.25, -0.2) is 13.2 Å². The number of rotatable bonds is 10. The third-order valence-corrected chi connectivity index (χ3v) is 9.65. The first-order chi connectivity index (χ1) is 19.9. The maximum atomic E-state index is 14.1. The van der Waals surface area contributed by atoms with Crippen molar-refractivity contribution in [3.8, 4) is 17.3 Å². The lowest BCUT2D eigenvalue weighted by molar-refractivity contribution is -0.119. The van der Waals surface area contributed by atoms with E-state index in [4.69, 9.17) is 4.74 Å². The molecule has 1 atom stereocenters. The van der Waals surface area contributed by atoms with Crippen molar-refractivity contribution in [3.05, 3.63) is 58.8 Å². The van der Waals surface area contributed by atoms with Gasteiger partial charge < -0.3 is 20.1 Å². The van der Waals surface area contributed by atoms with Crippen LogP contribution in [0.15, 0.2) is 41.3 Å². The molecule has 11 nitrogen and oxygen atoms in total. The van der Waals surface area contributed by atoms with Crippen LogP contribution in [0.25, 0.3) is 5.69 Å². The largest absolute Gasteiger partial charge is 0.476 e. The number of sulfonamides is 1. The predicted octanol–water partition coefficient (Wildman–Crippen LogP) is 4.60. The van der Waals surface area contributed by atoms with Crippen molar-refractivity contribution in [2.45, 2.75) is 52.9 Å². The van der Waals surface area contributed by atoms with Gasteiger partial charge in [0.05, 0.1) is 5.69 Å². The Kier molecular flexibility index (Phi) is 9.39. The first-order valence-corrected chi connectivity index (χ1v) is 15.6. The van der Waals surface area contributed by atoms with E-state index in [0.717, 1.165) is 17.7 Å². The molecule has 42 heavy (non-hydrogen) atoms. The van der Waals surface area contributed by atoms with E-state index in [1.54, 1.807) is 19.9 Å². The van der Waals surface area contributed by atoms with Crippen molar-refractivity contribution in [1.29, 1.82) is 0 Å². The van der Waals surface area contributed by atoms with E-state index in [-0.39, 0.29) is 39.6 Å². The summed E-state index contributed by atoms with van der Waals surface area (Å²) in [7, 11) is -4.06. The summed E-state index contributed by atoms with van der Waals surface area (Å²) in [5, 5.41) is 17.0. The summed E-state index contributed by atoms with van der Waals surface area (Å²) in [6.45, 7) is 13.8. The molecule has 2 aromatic carbocycles. The summed E-state index contributed by atoms with van der Waals surface area (Å²) in [5.74, 6) is -1.62. The second-order valence-corrected chi connectivity index (χ2v) is 12.6. The summed E-state index contributed by atoms with van der Waals surface area (Å²) in [6.07, 6.45) is 0.632. The van der Waals surface area contributed by atoms with Crippen LogP contribution in [0.3, 0.4) is 0 Å². The molecule has 4 rings (SSSR count). The topological polar surface area (TPSA) is 134 Å². The van der Waals surface area contributed by atoms with Crippen molar-refractivity contribution in [1.82, 2.24) is 19.0 Å². The maximum Gasteiger partial charge on any atom is 0.356 e. The number of carbonyl (C=O) groups excluding carboxylic acids is 1. The Morgan fingerprint density at radius 1 is 1.05 bits per heavy atom. The molecule has 1 aliphatic rings. The van der Waals surface area contributed by atoms with Gasteiger partial charge in [0.2, 0.25) is 21.8 Å². The lowest BCUT2D eigenvalue weighted by Crippen LogP contribution is -2.48. The number of carboxylic acid groups (broad SMARTS) is 1. The van der Waals surface area contributed by atoms with E-state index in [0.29, 0.717) is 44.0 Å². The zero-order valence-electron chi connectivity index (χ0n) is 25.0. The number of anilines is 1. The van der Waals surface area contributed by atoms with E-state index < -0.39 is 16.0 Å². The molecule has 0 saturated carbocycles. The molecule has 1 aliphatic heterocycles. The van der Waals surface area contributed by atoms with Crippen LogP contribution in [0.5, 0.6) is 11.6 Å². The Morgan fingerprint density at radius 3 is 2.33 bits per heavy atom. The number of aromatic nitrogens is 2. The SMILES string of the molecule is CC[C@H](C)C(=O)Nc1ccc(Oc2c(C)c(C(=O)O)nn2-c2ccc(C)cc2C)c(S(=O)(=O)N2CCN(CC)CC2)c1. The number of nitrogens with one attached hydrogen (secondary N) is 1. The summed E-state index contributed by atoms with van der Waals surface area (Å²) in [6, 6.07) is 10.1. The molecule has 0 bridgehead atoms. The number of ether oxygens (including phenoxy) is 1. The average Bonchev–Trinajstić information content (AvgIpc) is 3.28. The van der Waals surface area contributed by atoms with E-state index in [1.807, 2.05) is 45.9 Å². The number of hydrogen-bond donors (Lipinski definition) is 2. The average molecular weight is 598 g/mol. The molecule has 3 aromatic rings. The third kappa shape index (κ3) is 6.35. The normalized spacial score (nSPS) is 15.4. The molecule has 1 aromatic heterocycles. The van der Waals surface area contributed by atoms with Crippen LogP contribution >= 0.6 is 0 Å². The molecule has 12 heteroatoms. The highest BCUT2D eigenvalue weighted by Gasteiger charge is 2.33. The van der Waals surface area contributed by atoms with Crippen LogP contribution in [0, 0.1) is 26.7 Å². The molecule has 0 aliphatic carbocycles. The highest BCUT2D eigenvalue weighted by molar-refractivity contribution is 7.89. The lowest BCUT2D eigenvalue weighted by atomic mass is 10.1. The Labute approximate surface area is 247 Å². The van der Waals surface area contributed by atoms with E-state index in [9.17, 15) is 23.1 Å². The number of carbonyl (C=O) groups is 2. The standard InChI is InChI=1S/C30H39N5O6S/c1-7-20(4)28(36)31-23-10-12-25(26(18-23)42(39,40)34-15-13-33(8-2)14-16-34)41-29-22(6)27(30(37)38)32-35(29)24-11-9-19(3)17-21(24)5/h9-12,17-18,20H,7-8,13-16H2,1-6H3,(H,31,36)(H,37,38)/t20-/m0/s1. The van der Waals surface area contributed by atoms with Crippen molar-refractivity contribution in [2.75, 3.05) is 38.0 Å². The zero-order valence-corrected chi connectivity index (χ0v) is 25.8. The smallest absolute Gasteiger partial charge is 0.356 e. The van der Waals surface area contributed by atoms with Gasteiger partial charge in [-0.2, -0.15) is 14.1 Å². The first kappa shape index (κ1) is 31.2. The number of benzene rings is 2. The fourth-order valence-electron chi connectivity index (χ4n) is 4.86. The summed E-state index contributed by atoms with van der Waals surface area (Å²) < 4.78 is 37.2. The minimum absolute atomic E-state index is 0.000383. The number of nitrogens with zero attached hydrogens (tertiary/aromatic N) is 4. The Morgan fingerprint density at radius 2 is 1.74 bits per heavy atom. The van der Waals surface area contributed by atoms with Crippen molar-refractivity contribution in [3.63, 3.8) is 0 Å². The third-order valence-electron chi connectivity index (χ3n) is 7.73. The fraction of sp³-hybridized carbons (Fsp3) is 0.433. The van der Waals surface area contributed by atoms with Crippen LogP contribution in [-0.2, 0) is 14.8 Å². The number of hydrogen-bond acceptors (Lipinski definition) is 7. The molecule has 1 saturated heterocycles. The highest BCUT2D eigenvalue weighted by Crippen LogP contribution is 2.37. The molecule has 1 fully saturated rings. The number of likely N-dealkylation sites (N-methyl/N-ethyl adjacent to an activating group) is 1. The molecule has 226 valence electrons. The van der Waals surface area contributed by atoms with Crippen LogP contribution in [0.4, 0.5) is 5.69 Å². The van der Waals surface area contributed by atoms with E-state index >= 15 is 0 Å². The van der Waals surface area contributed by atoms with Crippen LogP contribution in [0.2, 0.25) is 0 Å². The van der Waals surface area contributed by atoms with E-state index in [1.165, 1.54) is 21.1 Å². The van der Waals surface area contributed by atoms with Gasteiger partial charge in [-0.05, 0) is 63.6 Å². The second kappa shape index (κ2) is 12.6. The van der Waals surface area contributed by atoms with Crippen LogP contribution < -0.4 is 10.1 Å². The Hall–Kier alpha value is -3.74. The van der Waals surface area contributed by atoms with Gasteiger partial charge in [0.1, 0.15) is 10.6 Å². The molecule has 1 amide bonds. The molecule has 0 unspecified atom stereocenters. The highest BCUT2D eigenvalue weighted by atomic mass is 32.2. The Bertz CT molecular complexity index is 1590. The van der Waals surface area contributed by atoms with Crippen molar-refractivity contribution >= 4 is 27.6 Å². The molecule has 2 heterocycles. The quantitative estimate of drug-likeness (QED) is 0.346. The van der Waals surface area contributed by atoms with Gasteiger partial charge in [-0.1, -0.05) is 38.5 Å². The molecular weight excluding hydrogens is 558 g/mol. The van der Waals surface area contributed by atoms with Crippen molar-refractivity contribution in [2.24, 2.45) is 5.92 Å². The number of carboxylic acids is 1. The van der Waals surface area contributed by atoms with Crippen LogP contribution in [-0.4, -0.2) is 77.1 Å². The predicted molar refractivity (Wildman–Crippen MR) is 160 cm³/mol. The minimum Gasteiger partial charge on any atom is -0.476 e. The van der Waals surface area contributed by atoms with Gasteiger partial charge in [-0.15, -0.1) is 0 Å². The monoisotopic (exact) mass is 597 g/mol. The summed E-state index contributed by atoms with van der Waals surface area (Å²) in [4.78, 5) is 26.7. The van der Waals surface area contributed by atoms with E-state index in [2.05, 4.69) is 15.3 Å². The van der Waals surface area contributed by atoms with Gasteiger partial charge in [-0.3, -0.25) is 4.79 Å². The maximum absolute atomic E-state index is 14.1. The molecule has 2 N–H and O–H groups in total. The first-order valence-electron chi connectivity index (χ1n) is 14.1.